The van der Waals surface area contributed by atoms with E-state index in [9.17, 15) is 8.42 Å². The van der Waals surface area contributed by atoms with Gasteiger partial charge in [0.1, 0.15) is 5.25 Å². The Morgan fingerprint density at radius 3 is 2.35 bits per heavy atom. The summed E-state index contributed by atoms with van der Waals surface area (Å²) < 4.78 is 29.4. The summed E-state index contributed by atoms with van der Waals surface area (Å²) in [6.45, 7) is 1.68. The van der Waals surface area contributed by atoms with Gasteiger partial charge in [0.05, 0.1) is 6.10 Å². The molecule has 1 aromatic carbocycles. The van der Waals surface area contributed by atoms with E-state index >= 15 is 0 Å². The minimum atomic E-state index is -3.50. The molecule has 0 aromatic heterocycles. The topological polar surface area (TPSA) is 43.4 Å². The highest BCUT2D eigenvalue weighted by Gasteiger charge is 2.28. The summed E-state index contributed by atoms with van der Waals surface area (Å²) in [7, 11) is -3.50. The Labute approximate surface area is 103 Å². The van der Waals surface area contributed by atoms with Crippen molar-refractivity contribution in [2.24, 2.45) is 0 Å². The van der Waals surface area contributed by atoms with Crippen LogP contribution in [-0.2, 0) is 14.3 Å². The van der Waals surface area contributed by atoms with Crippen LogP contribution < -0.4 is 0 Å². The predicted octanol–water partition coefficient (Wildman–Crippen LogP) is 3.04. The molecule has 0 radical (unpaired) electrons. The van der Waals surface area contributed by atoms with Crippen molar-refractivity contribution < 1.29 is 12.6 Å². The molecule has 1 fully saturated rings. The molecular weight excluding hydrogens is 236 g/mol. The van der Waals surface area contributed by atoms with Crippen molar-refractivity contribution in [3.8, 4) is 0 Å². The first-order chi connectivity index (χ1) is 8.09. The van der Waals surface area contributed by atoms with Gasteiger partial charge < -0.3 is 0 Å². The van der Waals surface area contributed by atoms with Gasteiger partial charge in [-0.05, 0) is 25.3 Å². The fraction of sp³-hybridized carbons (Fsp3) is 0.538. The van der Waals surface area contributed by atoms with Gasteiger partial charge in [-0.25, -0.2) is 0 Å². The summed E-state index contributed by atoms with van der Waals surface area (Å²) in [6.07, 6.45) is 3.76. The third-order valence-electron chi connectivity index (χ3n) is 3.27. The first-order valence-corrected chi connectivity index (χ1v) is 7.54. The first-order valence-electron chi connectivity index (χ1n) is 6.06. The minimum Gasteiger partial charge on any atom is -0.266 e. The molecule has 0 heterocycles. The van der Waals surface area contributed by atoms with Crippen LogP contribution in [0.15, 0.2) is 30.3 Å². The van der Waals surface area contributed by atoms with E-state index in [1.807, 2.05) is 30.3 Å². The van der Waals surface area contributed by atoms with Gasteiger partial charge in [-0.3, -0.25) is 4.18 Å². The van der Waals surface area contributed by atoms with Crippen LogP contribution in [0.1, 0.15) is 43.4 Å². The zero-order valence-electron chi connectivity index (χ0n) is 10.0. The molecule has 1 unspecified atom stereocenters. The van der Waals surface area contributed by atoms with Gasteiger partial charge in [-0.15, -0.1) is 0 Å². The smallest absolute Gasteiger partial charge is 0.266 e. The zero-order valence-corrected chi connectivity index (χ0v) is 10.8. The van der Waals surface area contributed by atoms with E-state index in [0.29, 0.717) is 0 Å². The van der Waals surface area contributed by atoms with Gasteiger partial charge >= 0.3 is 0 Å². The Bertz CT molecular complexity index is 447. The number of hydrogen-bond donors (Lipinski definition) is 0. The van der Waals surface area contributed by atoms with Crippen LogP contribution in [0.25, 0.3) is 0 Å². The van der Waals surface area contributed by atoms with Crippen LogP contribution in [0.2, 0.25) is 0 Å². The maximum atomic E-state index is 12.1. The lowest BCUT2D eigenvalue weighted by Crippen LogP contribution is -2.19. The molecule has 0 spiro atoms. The van der Waals surface area contributed by atoms with Crippen LogP contribution in [0.5, 0.6) is 0 Å². The predicted molar refractivity (Wildman–Crippen MR) is 67.1 cm³/mol. The van der Waals surface area contributed by atoms with Crippen LogP contribution in [-0.4, -0.2) is 14.5 Å². The van der Waals surface area contributed by atoms with Crippen molar-refractivity contribution >= 4 is 10.1 Å². The SMILES string of the molecule is CC(c1ccccc1)S(=O)(=O)OC1CCCC1. The lowest BCUT2D eigenvalue weighted by atomic mass is 10.2. The van der Waals surface area contributed by atoms with Gasteiger partial charge in [-0.1, -0.05) is 43.2 Å². The second-order valence-electron chi connectivity index (χ2n) is 4.55. The summed E-state index contributed by atoms with van der Waals surface area (Å²) in [4.78, 5) is 0. The molecule has 0 amide bonds. The average Bonchev–Trinajstić information content (AvgIpc) is 2.81. The molecule has 4 heteroatoms. The highest BCUT2D eigenvalue weighted by molar-refractivity contribution is 7.87. The molecule has 0 saturated heterocycles. The van der Waals surface area contributed by atoms with E-state index < -0.39 is 15.4 Å². The average molecular weight is 254 g/mol. The van der Waals surface area contributed by atoms with Gasteiger partial charge in [0.15, 0.2) is 0 Å². The Morgan fingerprint density at radius 2 is 1.76 bits per heavy atom. The highest BCUT2D eigenvalue weighted by atomic mass is 32.2. The summed E-state index contributed by atoms with van der Waals surface area (Å²) in [6, 6.07) is 9.20. The summed E-state index contributed by atoms with van der Waals surface area (Å²) in [5.41, 5.74) is 0.783. The second-order valence-corrected chi connectivity index (χ2v) is 6.43. The zero-order chi connectivity index (χ0) is 12.3. The monoisotopic (exact) mass is 254 g/mol. The normalized spacial score (nSPS) is 19.4. The molecule has 1 aliphatic rings. The van der Waals surface area contributed by atoms with Crippen molar-refractivity contribution in [1.29, 1.82) is 0 Å². The number of rotatable bonds is 4. The van der Waals surface area contributed by atoms with Crippen molar-refractivity contribution in [3.63, 3.8) is 0 Å². The van der Waals surface area contributed by atoms with E-state index in [-0.39, 0.29) is 6.10 Å². The van der Waals surface area contributed by atoms with Crippen LogP contribution in [0.4, 0.5) is 0 Å². The molecule has 3 nitrogen and oxygen atoms in total. The fourth-order valence-electron chi connectivity index (χ4n) is 2.15. The first kappa shape index (κ1) is 12.6. The fourth-order valence-corrected chi connectivity index (χ4v) is 3.38. The van der Waals surface area contributed by atoms with E-state index in [4.69, 9.17) is 4.18 Å². The van der Waals surface area contributed by atoms with Gasteiger partial charge in [0.25, 0.3) is 10.1 Å². The molecule has 1 saturated carbocycles. The molecule has 2 rings (SSSR count). The molecule has 0 N–H and O–H groups in total. The molecule has 0 aliphatic heterocycles. The molecule has 17 heavy (non-hydrogen) atoms. The van der Waals surface area contributed by atoms with Crippen molar-refractivity contribution in [2.45, 2.75) is 44.0 Å². The van der Waals surface area contributed by atoms with Crippen LogP contribution in [0, 0.1) is 0 Å². The molecule has 0 bridgehead atoms. The quantitative estimate of drug-likeness (QED) is 0.776. The van der Waals surface area contributed by atoms with Crippen LogP contribution >= 0.6 is 0 Å². The Morgan fingerprint density at radius 1 is 1.18 bits per heavy atom. The summed E-state index contributed by atoms with van der Waals surface area (Å²) in [5, 5.41) is -0.593. The molecular formula is C13H18O3S. The molecule has 1 atom stereocenters. The summed E-state index contributed by atoms with van der Waals surface area (Å²) >= 11 is 0. The molecule has 1 aliphatic carbocycles. The Kier molecular flexibility index (Phi) is 3.84. The number of hydrogen-bond acceptors (Lipinski definition) is 3. The van der Waals surface area contributed by atoms with Crippen LogP contribution in [0.3, 0.4) is 0 Å². The maximum absolute atomic E-state index is 12.1. The van der Waals surface area contributed by atoms with Crippen molar-refractivity contribution in [3.05, 3.63) is 35.9 Å². The molecule has 1 aromatic rings. The summed E-state index contributed by atoms with van der Waals surface area (Å²) in [5.74, 6) is 0. The standard InChI is InChI=1S/C13H18O3S/c1-11(12-7-3-2-4-8-12)17(14,15)16-13-9-5-6-10-13/h2-4,7-8,11,13H,5-6,9-10H2,1H3. The minimum absolute atomic E-state index is 0.105. The van der Waals surface area contributed by atoms with Crippen molar-refractivity contribution in [1.82, 2.24) is 0 Å². The van der Waals surface area contributed by atoms with Gasteiger partial charge in [0, 0.05) is 0 Å². The maximum Gasteiger partial charge on any atom is 0.274 e. The largest absolute Gasteiger partial charge is 0.274 e. The Hall–Kier alpha value is -0.870. The van der Waals surface area contributed by atoms with E-state index in [1.54, 1.807) is 6.92 Å². The van der Waals surface area contributed by atoms with Gasteiger partial charge in [-0.2, -0.15) is 8.42 Å². The van der Waals surface area contributed by atoms with E-state index in [0.717, 1.165) is 31.2 Å². The third-order valence-corrected chi connectivity index (χ3v) is 4.95. The Balaban J connectivity index is 2.09. The second kappa shape index (κ2) is 5.19. The van der Waals surface area contributed by atoms with Gasteiger partial charge in [0.2, 0.25) is 0 Å². The lowest BCUT2D eigenvalue weighted by molar-refractivity contribution is 0.214. The lowest BCUT2D eigenvalue weighted by Gasteiger charge is -2.16. The van der Waals surface area contributed by atoms with Crippen molar-refractivity contribution in [2.75, 3.05) is 0 Å². The van der Waals surface area contributed by atoms with E-state index in [2.05, 4.69) is 0 Å². The third kappa shape index (κ3) is 3.07. The highest BCUT2D eigenvalue weighted by Crippen LogP contribution is 2.29. The number of benzene rings is 1. The molecule has 94 valence electrons. The van der Waals surface area contributed by atoms with E-state index in [1.165, 1.54) is 0 Å².